The fraction of sp³-hybridized carbons (Fsp3) is 0.684. The van der Waals surface area contributed by atoms with Gasteiger partial charge in [-0.25, -0.2) is 0 Å². The Morgan fingerprint density at radius 3 is 2.67 bits per heavy atom. The van der Waals surface area contributed by atoms with Gasteiger partial charge in [0.2, 0.25) is 0 Å². The van der Waals surface area contributed by atoms with E-state index >= 15 is 0 Å². The van der Waals surface area contributed by atoms with Crippen molar-refractivity contribution in [3.05, 3.63) is 29.8 Å². The second-order valence-corrected chi connectivity index (χ2v) is 7.51. The molecular formula is C19H32N2. The average Bonchev–Trinajstić information content (AvgIpc) is 2.71. The van der Waals surface area contributed by atoms with Gasteiger partial charge >= 0.3 is 0 Å². The normalized spacial score (nSPS) is 22.0. The lowest BCUT2D eigenvalue weighted by Crippen LogP contribution is -2.42. The predicted octanol–water partition coefficient (Wildman–Crippen LogP) is 4.20. The lowest BCUT2D eigenvalue weighted by atomic mass is 9.85. The number of nitrogens with one attached hydrogen (secondary N) is 1. The highest BCUT2D eigenvalue weighted by Gasteiger charge is 2.25. The quantitative estimate of drug-likeness (QED) is 0.897. The summed E-state index contributed by atoms with van der Waals surface area (Å²) in [6, 6.07) is 9.56. The van der Waals surface area contributed by atoms with E-state index in [4.69, 9.17) is 0 Å². The summed E-state index contributed by atoms with van der Waals surface area (Å²) in [7, 11) is 0. The molecule has 2 heteroatoms. The number of rotatable bonds is 3. The van der Waals surface area contributed by atoms with E-state index in [0.717, 1.165) is 25.6 Å². The minimum Gasteiger partial charge on any atom is -0.370 e. The second-order valence-electron chi connectivity index (χ2n) is 7.51. The molecule has 2 unspecified atom stereocenters. The van der Waals surface area contributed by atoms with Gasteiger partial charge in [-0.15, -0.1) is 0 Å². The van der Waals surface area contributed by atoms with Crippen molar-refractivity contribution in [2.24, 2.45) is 5.92 Å². The lowest BCUT2D eigenvalue weighted by molar-refractivity contribution is 0.383. The van der Waals surface area contributed by atoms with Gasteiger partial charge in [0.15, 0.2) is 0 Å². The molecule has 2 rings (SSSR count). The van der Waals surface area contributed by atoms with E-state index in [-0.39, 0.29) is 5.41 Å². The molecule has 1 N–H and O–H groups in total. The first-order valence-electron chi connectivity index (χ1n) is 8.51. The first-order valence-corrected chi connectivity index (χ1v) is 8.51. The molecule has 118 valence electrons. The third kappa shape index (κ3) is 4.00. The minimum absolute atomic E-state index is 0.197. The van der Waals surface area contributed by atoms with Crippen LogP contribution < -0.4 is 10.2 Å². The number of hydrogen-bond acceptors (Lipinski definition) is 2. The molecule has 0 aromatic heterocycles. The summed E-state index contributed by atoms with van der Waals surface area (Å²) in [6.45, 7) is 15.0. The van der Waals surface area contributed by atoms with E-state index in [1.165, 1.54) is 24.1 Å². The molecule has 2 atom stereocenters. The van der Waals surface area contributed by atoms with Crippen LogP contribution >= 0.6 is 0 Å². The molecule has 0 spiro atoms. The highest BCUT2D eigenvalue weighted by Crippen LogP contribution is 2.32. The van der Waals surface area contributed by atoms with Gasteiger partial charge in [-0.05, 0) is 35.9 Å². The van der Waals surface area contributed by atoms with E-state index in [1.807, 2.05) is 0 Å². The Labute approximate surface area is 130 Å². The van der Waals surface area contributed by atoms with E-state index in [0.29, 0.717) is 6.04 Å². The Hall–Kier alpha value is -1.02. The number of hydrogen-bond donors (Lipinski definition) is 1. The summed E-state index contributed by atoms with van der Waals surface area (Å²) in [5.74, 6) is 0.729. The number of nitrogens with zero attached hydrogens (tertiary/aromatic N) is 1. The van der Waals surface area contributed by atoms with Gasteiger partial charge in [0.1, 0.15) is 0 Å². The van der Waals surface area contributed by atoms with Crippen LogP contribution in [0.2, 0.25) is 0 Å². The number of para-hydroxylation sites is 1. The maximum absolute atomic E-state index is 3.75. The van der Waals surface area contributed by atoms with Gasteiger partial charge in [-0.2, -0.15) is 0 Å². The molecular weight excluding hydrogens is 256 g/mol. The Kier molecular flexibility index (Phi) is 5.32. The average molecular weight is 288 g/mol. The molecule has 0 amide bonds. The summed E-state index contributed by atoms with van der Waals surface area (Å²) < 4.78 is 0. The maximum Gasteiger partial charge on any atom is 0.0404 e. The zero-order chi connectivity index (χ0) is 15.5. The van der Waals surface area contributed by atoms with Crippen molar-refractivity contribution in [1.82, 2.24) is 5.32 Å². The molecule has 0 saturated carbocycles. The Bertz CT molecular complexity index is 447. The Morgan fingerprint density at radius 2 is 2.00 bits per heavy atom. The van der Waals surface area contributed by atoms with Crippen molar-refractivity contribution in [3.8, 4) is 0 Å². The van der Waals surface area contributed by atoms with Crippen LogP contribution in [0, 0.1) is 5.92 Å². The van der Waals surface area contributed by atoms with Gasteiger partial charge in [-0.3, -0.25) is 0 Å². The van der Waals surface area contributed by atoms with Crippen LogP contribution in [0.1, 0.15) is 53.0 Å². The van der Waals surface area contributed by atoms with Crippen molar-refractivity contribution in [3.63, 3.8) is 0 Å². The molecule has 1 aromatic carbocycles. The van der Waals surface area contributed by atoms with Crippen LogP contribution in [0.25, 0.3) is 0 Å². The molecule has 1 saturated heterocycles. The van der Waals surface area contributed by atoms with Crippen molar-refractivity contribution in [2.75, 3.05) is 24.5 Å². The van der Waals surface area contributed by atoms with Crippen molar-refractivity contribution in [1.29, 1.82) is 0 Å². The lowest BCUT2D eigenvalue weighted by Gasteiger charge is -2.33. The number of benzene rings is 1. The van der Waals surface area contributed by atoms with Crippen LogP contribution in [0.3, 0.4) is 0 Å². The molecule has 2 nitrogen and oxygen atoms in total. The third-order valence-electron chi connectivity index (χ3n) is 4.81. The monoisotopic (exact) mass is 288 g/mol. The highest BCUT2D eigenvalue weighted by atomic mass is 15.2. The van der Waals surface area contributed by atoms with E-state index in [9.17, 15) is 0 Å². The van der Waals surface area contributed by atoms with Crippen LogP contribution in [0.5, 0.6) is 0 Å². The van der Waals surface area contributed by atoms with E-state index < -0.39 is 0 Å². The van der Waals surface area contributed by atoms with Crippen molar-refractivity contribution in [2.45, 2.75) is 58.9 Å². The van der Waals surface area contributed by atoms with E-state index in [2.05, 4.69) is 69.1 Å². The van der Waals surface area contributed by atoms with Gasteiger partial charge in [0.25, 0.3) is 0 Å². The van der Waals surface area contributed by atoms with Crippen molar-refractivity contribution >= 4 is 5.69 Å². The predicted molar refractivity (Wildman–Crippen MR) is 93.2 cm³/mol. The minimum atomic E-state index is 0.197. The molecule has 1 aliphatic rings. The maximum atomic E-state index is 3.75. The topological polar surface area (TPSA) is 15.3 Å². The molecule has 1 fully saturated rings. The molecule has 0 aliphatic carbocycles. The Morgan fingerprint density at radius 1 is 1.29 bits per heavy atom. The zero-order valence-corrected chi connectivity index (χ0v) is 14.4. The van der Waals surface area contributed by atoms with Crippen LogP contribution in [-0.2, 0) is 5.41 Å². The van der Waals surface area contributed by atoms with Gasteiger partial charge in [-0.1, -0.05) is 59.2 Å². The molecule has 0 bridgehead atoms. The second kappa shape index (κ2) is 6.83. The molecule has 1 aliphatic heterocycles. The molecule has 1 heterocycles. The summed E-state index contributed by atoms with van der Waals surface area (Å²) in [6.07, 6.45) is 2.47. The largest absolute Gasteiger partial charge is 0.370 e. The third-order valence-corrected chi connectivity index (χ3v) is 4.81. The van der Waals surface area contributed by atoms with Crippen molar-refractivity contribution < 1.29 is 0 Å². The SMILES string of the molecule is CCC(C)C1CN(c2ccccc2C(C)(C)C)CCCN1. The van der Waals surface area contributed by atoms with Crippen LogP contribution in [0.15, 0.2) is 24.3 Å². The zero-order valence-electron chi connectivity index (χ0n) is 14.4. The van der Waals surface area contributed by atoms with Crippen LogP contribution in [0.4, 0.5) is 5.69 Å². The smallest absolute Gasteiger partial charge is 0.0404 e. The Balaban J connectivity index is 2.28. The number of anilines is 1. The van der Waals surface area contributed by atoms with Gasteiger partial charge in [0.05, 0.1) is 0 Å². The summed E-state index contributed by atoms with van der Waals surface area (Å²) in [5, 5.41) is 3.75. The summed E-state index contributed by atoms with van der Waals surface area (Å²) in [4.78, 5) is 2.61. The van der Waals surface area contributed by atoms with Gasteiger partial charge in [0, 0.05) is 24.8 Å². The fourth-order valence-corrected chi connectivity index (χ4v) is 3.22. The first-order chi connectivity index (χ1) is 9.93. The fourth-order valence-electron chi connectivity index (χ4n) is 3.22. The molecule has 21 heavy (non-hydrogen) atoms. The van der Waals surface area contributed by atoms with E-state index in [1.54, 1.807) is 0 Å². The first kappa shape index (κ1) is 16.4. The highest BCUT2D eigenvalue weighted by molar-refractivity contribution is 5.56. The van der Waals surface area contributed by atoms with Crippen LogP contribution in [-0.4, -0.2) is 25.7 Å². The molecule has 0 radical (unpaired) electrons. The van der Waals surface area contributed by atoms with Gasteiger partial charge < -0.3 is 10.2 Å². The summed E-state index contributed by atoms with van der Waals surface area (Å²) in [5.41, 5.74) is 3.10. The molecule has 1 aromatic rings. The summed E-state index contributed by atoms with van der Waals surface area (Å²) >= 11 is 0. The standard InChI is InChI=1S/C19H32N2/c1-6-15(2)17-14-21(13-9-12-20-17)18-11-8-7-10-16(18)19(3,4)5/h7-8,10-11,15,17,20H,6,9,12-14H2,1-5H3.